The van der Waals surface area contributed by atoms with E-state index in [2.05, 4.69) is 134 Å². The van der Waals surface area contributed by atoms with Crippen molar-refractivity contribution in [1.29, 1.82) is 0 Å². The van der Waals surface area contributed by atoms with Crippen molar-refractivity contribution >= 4 is 70.7 Å². The Morgan fingerprint density at radius 1 is 0.542 bits per heavy atom. The van der Waals surface area contributed by atoms with Crippen molar-refractivity contribution in [2.75, 3.05) is 0 Å². The Hall–Kier alpha value is -6.00. The summed E-state index contributed by atoms with van der Waals surface area (Å²) in [6, 6.07) is 41.9. The first kappa shape index (κ1) is 27.1. The lowest BCUT2D eigenvalue weighted by molar-refractivity contribution is -0.483. The molecule has 226 valence electrons. The zero-order valence-corrected chi connectivity index (χ0v) is 27.0. The highest BCUT2D eigenvalue weighted by atomic mass is 14.9. The molecule has 0 radical (unpaired) electrons. The van der Waals surface area contributed by atoms with Crippen molar-refractivity contribution in [3.63, 3.8) is 0 Å². The van der Waals surface area contributed by atoms with E-state index in [9.17, 15) is 0 Å². The van der Waals surface area contributed by atoms with E-state index >= 15 is 0 Å². The fourth-order valence-corrected chi connectivity index (χ4v) is 7.58. The van der Waals surface area contributed by atoms with E-state index in [0.717, 1.165) is 55.2 Å². The Labute approximate surface area is 277 Å². The third-order valence-electron chi connectivity index (χ3n) is 10.1. The quantitative estimate of drug-likeness (QED) is 0.144. The second-order valence-electron chi connectivity index (χ2n) is 14.0. The first-order chi connectivity index (χ1) is 23.4. The van der Waals surface area contributed by atoms with Crippen molar-refractivity contribution in [2.24, 2.45) is 0 Å². The average Bonchev–Trinajstić information content (AvgIpc) is 3.12. The molecule has 4 nitrogen and oxygen atoms in total. The van der Waals surface area contributed by atoms with E-state index < -0.39 is 0 Å². The van der Waals surface area contributed by atoms with Gasteiger partial charge in [0, 0.05) is 28.1 Å². The normalized spacial score (nSPS) is 12.5. The SMILES string of the molecule is CC(C)(C)c1cc2ccc3c(-c4ccc5ccc6cccnc6[n+]5c4)cc(-c4ccc5ccc6cccnc6c5n4)c4ccc(c1)c2c34. The molecule has 0 spiro atoms. The average molecular weight is 616 g/mol. The first-order valence-electron chi connectivity index (χ1n) is 16.5. The Kier molecular flexibility index (Phi) is 5.52. The largest absolute Gasteiger partial charge is 0.335 e. The number of benzene rings is 5. The first-order valence-corrected chi connectivity index (χ1v) is 16.5. The highest BCUT2D eigenvalue weighted by Gasteiger charge is 2.22. The van der Waals surface area contributed by atoms with Crippen LogP contribution in [0.5, 0.6) is 0 Å². The van der Waals surface area contributed by atoms with Gasteiger partial charge in [0.05, 0.1) is 22.1 Å². The lowest BCUT2D eigenvalue weighted by Gasteiger charge is -2.22. The van der Waals surface area contributed by atoms with Gasteiger partial charge in [-0.25, -0.2) is 4.98 Å². The Morgan fingerprint density at radius 2 is 1.19 bits per heavy atom. The van der Waals surface area contributed by atoms with Gasteiger partial charge in [0.15, 0.2) is 0 Å². The van der Waals surface area contributed by atoms with Gasteiger partial charge in [-0.05, 0) is 108 Å². The summed E-state index contributed by atoms with van der Waals surface area (Å²) in [4.78, 5) is 14.9. The molecule has 0 aliphatic rings. The fourth-order valence-electron chi connectivity index (χ4n) is 7.58. The van der Waals surface area contributed by atoms with Crippen LogP contribution in [-0.2, 0) is 5.41 Å². The Balaban J connectivity index is 1.33. The highest BCUT2D eigenvalue weighted by molar-refractivity contribution is 6.28. The van der Waals surface area contributed by atoms with Crippen LogP contribution in [0.15, 0.2) is 134 Å². The van der Waals surface area contributed by atoms with Gasteiger partial charge >= 0.3 is 5.65 Å². The smallest absolute Gasteiger partial charge is 0.254 e. The van der Waals surface area contributed by atoms with Crippen LogP contribution >= 0.6 is 0 Å². The van der Waals surface area contributed by atoms with Crippen LogP contribution in [0.2, 0.25) is 0 Å². The van der Waals surface area contributed by atoms with Crippen LogP contribution in [0.1, 0.15) is 26.3 Å². The molecule has 0 atom stereocenters. The van der Waals surface area contributed by atoms with Crippen molar-refractivity contribution in [1.82, 2.24) is 15.0 Å². The molecule has 5 aromatic carbocycles. The Morgan fingerprint density at radius 3 is 1.98 bits per heavy atom. The molecule has 5 heterocycles. The monoisotopic (exact) mass is 615 g/mol. The summed E-state index contributed by atoms with van der Waals surface area (Å²) >= 11 is 0. The topological polar surface area (TPSA) is 42.8 Å². The Bertz CT molecular complexity index is 2750. The zero-order chi connectivity index (χ0) is 32.1. The second-order valence-corrected chi connectivity index (χ2v) is 14.0. The van der Waals surface area contributed by atoms with E-state index in [4.69, 9.17) is 15.0 Å². The van der Waals surface area contributed by atoms with Crippen LogP contribution < -0.4 is 4.40 Å². The minimum absolute atomic E-state index is 0.0473. The molecule has 0 amide bonds. The maximum Gasteiger partial charge on any atom is 0.335 e. The van der Waals surface area contributed by atoms with Gasteiger partial charge in [-0.1, -0.05) is 81.4 Å². The molecule has 0 bridgehead atoms. The number of aromatic nitrogens is 4. The molecule has 48 heavy (non-hydrogen) atoms. The summed E-state index contributed by atoms with van der Waals surface area (Å²) < 4.78 is 2.21. The summed E-state index contributed by atoms with van der Waals surface area (Å²) in [5, 5.41) is 10.8. The summed E-state index contributed by atoms with van der Waals surface area (Å²) in [5.41, 5.74) is 9.65. The lowest BCUT2D eigenvalue weighted by atomic mass is 9.82. The number of rotatable bonds is 2. The van der Waals surface area contributed by atoms with Crippen molar-refractivity contribution in [3.8, 4) is 22.4 Å². The van der Waals surface area contributed by atoms with E-state index in [1.165, 1.54) is 43.4 Å². The van der Waals surface area contributed by atoms with Crippen LogP contribution in [0.3, 0.4) is 0 Å². The lowest BCUT2D eigenvalue weighted by Crippen LogP contribution is -2.23. The van der Waals surface area contributed by atoms with Gasteiger partial charge in [-0.3, -0.25) is 4.98 Å². The molecule has 4 heteroatoms. The summed E-state index contributed by atoms with van der Waals surface area (Å²) in [6.07, 6.45) is 5.96. The van der Waals surface area contributed by atoms with E-state index in [1.54, 1.807) is 0 Å². The maximum absolute atomic E-state index is 5.35. The summed E-state index contributed by atoms with van der Waals surface area (Å²) in [5.74, 6) is 0. The minimum atomic E-state index is 0.0473. The molecular formula is C44H31N4+. The molecular weight excluding hydrogens is 585 g/mol. The van der Waals surface area contributed by atoms with Crippen molar-refractivity contribution < 1.29 is 4.40 Å². The second kappa shape index (κ2) is 9.76. The predicted molar refractivity (Wildman–Crippen MR) is 199 cm³/mol. The van der Waals surface area contributed by atoms with Gasteiger partial charge in [0.25, 0.3) is 0 Å². The van der Waals surface area contributed by atoms with E-state index in [0.29, 0.717) is 0 Å². The maximum atomic E-state index is 5.35. The zero-order valence-electron chi connectivity index (χ0n) is 27.0. The molecule has 10 aromatic rings. The van der Waals surface area contributed by atoms with Crippen molar-refractivity contribution in [2.45, 2.75) is 26.2 Å². The highest BCUT2D eigenvalue weighted by Crippen LogP contribution is 2.45. The standard InChI is InChI=1S/C44H31N4/c1-44(2,3)32-22-29-12-17-34-36(31-11-16-33-15-10-28-7-5-21-46-43(28)48(33)25-31)24-37(35-18-13-30(23-32)39(29)40(34)35)38-19-14-27-9-8-26-6-4-20-45-41(26)42(27)47-38/h4-25H,1-3H3/q+1. The third-order valence-corrected chi connectivity index (χ3v) is 10.1. The van der Waals surface area contributed by atoms with Gasteiger partial charge in [-0.2, -0.15) is 4.40 Å². The molecule has 0 saturated carbocycles. The molecule has 0 N–H and O–H groups in total. The van der Waals surface area contributed by atoms with Gasteiger partial charge < -0.3 is 0 Å². The molecule has 0 unspecified atom stereocenters. The minimum Gasteiger partial charge on any atom is -0.254 e. The predicted octanol–water partition coefficient (Wildman–Crippen LogP) is 10.6. The van der Waals surface area contributed by atoms with Gasteiger partial charge in [-0.15, -0.1) is 0 Å². The van der Waals surface area contributed by atoms with E-state index in [-0.39, 0.29) is 5.41 Å². The number of hydrogen-bond donors (Lipinski definition) is 0. The van der Waals surface area contributed by atoms with Crippen LogP contribution in [0.25, 0.3) is 93.1 Å². The number of pyridine rings is 5. The van der Waals surface area contributed by atoms with E-state index in [1.807, 2.05) is 24.5 Å². The number of hydrogen-bond acceptors (Lipinski definition) is 3. The molecule has 0 aliphatic heterocycles. The molecule has 0 saturated heterocycles. The fraction of sp³-hybridized carbons (Fsp3) is 0.0909. The molecule has 10 rings (SSSR count). The van der Waals surface area contributed by atoms with Gasteiger partial charge in [0.1, 0.15) is 17.9 Å². The van der Waals surface area contributed by atoms with Crippen LogP contribution in [0.4, 0.5) is 0 Å². The number of fused-ring (bicyclic) bond motifs is 6. The van der Waals surface area contributed by atoms with Crippen LogP contribution in [0, 0.1) is 0 Å². The number of nitrogens with zero attached hydrogens (tertiary/aromatic N) is 4. The summed E-state index contributed by atoms with van der Waals surface area (Å²) in [6.45, 7) is 6.86. The summed E-state index contributed by atoms with van der Waals surface area (Å²) in [7, 11) is 0. The van der Waals surface area contributed by atoms with Crippen molar-refractivity contribution in [3.05, 3.63) is 139 Å². The molecule has 5 aromatic heterocycles. The van der Waals surface area contributed by atoms with Gasteiger partial charge in [0.2, 0.25) is 0 Å². The molecule has 0 aliphatic carbocycles. The third kappa shape index (κ3) is 3.96. The van der Waals surface area contributed by atoms with Crippen LogP contribution in [-0.4, -0.2) is 15.0 Å². The molecule has 0 fully saturated rings.